The van der Waals surface area contributed by atoms with Gasteiger partial charge in [0.1, 0.15) is 6.61 Å². The van der Waals surface area contributed by atoms with Crippen molar-refractivity contribution in [3.05, 3.63) is 52.8 Å². The Hall–Kier alpha value is -2.67. The first-order chi connectivity index (χ1) is 12.5. The minimum absolute atomic E-state index is 0.118. The van der Waals surface area contributed by atoms with Gasteiger partial charge in [-0.25, -0.2) is 0 Å². The van der Waals surface area contributed by atoms with Gasteiger partial charge in [-0.05, 0) is 26.3 Å². The van der Waals surface area contributed by atoms with E-state index in [9.17, 15) is 9.59 Å². The molecule has 138 valence electrons. The Morgan fingerprint density at radius 2 is 2.08 bits per heavy atom. The zero-order valence-corrected chi connectivity index (χ0v) is 15.3. The van der Waals surface area contributed by atoms with E-state index in [4.69, 9.17) is 4.74 Å². The van der Waals surface area contributed by atoms with Gasteiger partial charge in [0.05, 0.1) is 11.7 Å². The van der Waals surface area contributed by atoms with Crippen LogP contribution in [0.3, 0.4) is 0 Å². The molecule has 1 aliphatic heterocycles. The second kappa shape index (κ2) is 7.70. The van der Waals surface area contributed by atoms with Crippen LogP contribution < -0.4 is 10.6 Å². The average molecular weight is 356 g/mol. The van der Waals surface area contributed by atoms with E-state index in [1.165, 1.54) is 0 Å². The van der Waals surface area contributed by atoms with Gasteiger partial charge >= 0.3 is 0 Å². The van der Waals surface area contributed by atoms with Crippen LogP contribution in [0, 0.1) is 13.8 Å². The molecule has 0 spiro atoms. The van der Waals surface area contributed by atoms with E-state index in [1.54, 1.807) is 0 Å². The molecule has 0 radical (unpaired) electrons. The van der Waals surface area contributed by atoms with Crippen LogP contribution in [0.1, 0.15) is 35.5 Å². The summed E-state index contributed by atoms with van der Waals surface area (Å²) in [6.07, 6.45) is -0.767. The van der Waals surface area contributed by atoms with Gasteiger partial charge in [-0.15, -0.1) is 0 Å². The molecule has 2 atom stereocenters. The molecule has 2 unspecified atom stereocenters. The lowest BCUT2D eigenvalue weighted by molar-refractivity contribution is -0.148. The first-order valence-corrected chi connectivity index (χ1v) is 8.77. The third kappa shape index (κ3) is 3.62. The van der Waals surface area contributed by atoms with Crippen molar-refractivity contribution < 1.29 is 14.3 Å². The van der Waals surface area contributed by atoms with Crippen LogP contribution in [0.4, 0.5) is 0 Å². The van der Waals surface area contributed by atoms with Crippen LogP contribution in [0.2, 0.25) is 0 Å². The Morgan fingerprint density at radius 1 is 1.35 bits per heavy atom. The van der Waals surface area contributed by atoms with E-state index in [0.717, 1.165) is 29.1 Å². The summed E-state index contributed by atoms with van der Waals surface area (Å²) in [4.78, 5) is 24.5. The van der Waals surface area contributed by atoms with Gasteiger partial charge in [0.2, 0.25) is 5.91 Å². The van der Waals surface area contributed by atoms with Crippen LogP contribution in [0.15, 0.2) is 30.3 Å². The predicted octanol–water partition coefficient (Wildman–Crippen LogP) is 1.39. The molecule has 3 rings (SSSR count). The molecule has 2 heterocycles. The topological polar surface area (TPSA) is 85.2 Å². The maximum Gasteiger partial charge on any atom is 0.251 e. The summed E-state index contributed by atoms with van der Waals surface area (Å²) >= 11 is 0. The first-order valence-electron chi connectivity index (χ1n) is 8.77. The quantitative estimate of drug-likeness (QED) is 0.848. The highest BCUT2D eigenvalue weighted by molar-refractivity contribution is 5.86. The Labute approximate surface area is 152 Å². The first kappa shape index (κ1) is 18.1. The van der Waals surface area contributed by atoms with Gasteiger partial charge in [0.25, 0.3) is 5.91 Å². The van der Waals surface area contributed by atoms with Gasteiger partial charge < -0.3 is 15.4 Å². The number of carbonyl (C=O) groups excluding carboxylic acids is 2. The lowest BCUT2D eigenvalue weighted by Crippen LogP contribution is -2.52. The van der Waals surface area contributed by atoms with Crippen molar-refractivity contribution in [1.82, 2.24) is 20.4 Å². The monoisotopic (exact) mass is 356 g/mol. The van der Waals surface area contributed by atoms with E-state index >= 15 is 0 Å². The van der Waals surface area contributed by atoms with Crippen molar-refractivity contribution in [2.75, 3.05) is 6.61 Å². The number of hydrogen-bond donors (Lipinski definition) is 2. The van der Waals surface area contributed by atoms with Gasteiger partial charge in [0, 0.05) is 24.3 Å². The summed E-state index contributed by atoms with van der Waals surface area (Å²) in [5.74, 6) is -0.472. The number of amides is 2. The number of carbonyl (C=O) groups is 2. The number of ether oxygens (including phenoxy) is 1. The smallest absolute Gasteiger partial charge is 0.251 e. The highest BCUT2D eigenvalue weighted by Gasteiger charge is 2.36. The van der Waals surface area contributed by atoms with Crippen LogP contribution >= 0.6 is 0 Å². The Morgan fingerprint density at radius 3 is 2.73 bits per heavy atom. The highest BCUT2D eigenvalue weighted by atomic mass is 16.5. The van der Waals surface area contributed by atoms with Crippen LogP contribution in [0.5, 0.6) is 0 Å². The lowest BCUT2D eigenvalue weighted by atomic mass is 9.99. The van der Waals surface area contributed by atoms with Crippen LogP contribution in [-0.4, -0.2) is 34.3 Å². The lowest BCUT2D eigenvalue weighted by Gasteiger charge is -2.31. The van der Waals surface area contributed by atoms with Gasteiger partial charge in [-0.1, -0.05) is 30.3 Å². The molecule has 0 bridgehead atoms. The van der Waals surface area contributed by atoms with Crippen molar-refractivity contribution in [1.29, 1.82) is 0 Å². The molecule has 1 saturated heterocycles. The average Bonchev–Trinajstić information content (AvgIpc) is 2.93. The number of rotatable bonds is 5. The fourth-order valence-corrected chi connectivity index (χ4v) is 3.27. The number of aromatic nitrogens is 2. The number of nitrogens with one attached hydrogen (secondary N) is 2. The number of aryl methyl sites for hydroxylation is 2. The zero-order valence-electron chi connectivity index (χ0n) is 15.3. The molecular weight excluding hydrogens is 332 g/mol. The summed E-state index contributed by atoms with van der Waals surface area (Å²) < 4.78 is 7.47. The maximum atomic E-state index is 12.7. The van der Waals surface area contributed by atoms with E-state index in [-0.39, 0.29) is 18.4 Å². The highest BCUT2D eigenvalue weighted by Crippen LogP contribution is 2.23. The van der Waals surface area contributed by atoms with Crippen molar-refractivity contribution in [2.24, 2.45) is 0 Å². The molecule has 2 amide bonds. The molecule has 7 heteroatoms. The third-order valence-corrected chi connectivity index (χ3v) is 4.70. The Kier molecular flexibility index (Phi) is 5.37. The molecule has 2 aromatic rings. The minimum Gasteiger partial charge on any atom is -0.356 e. The number of morpholine rings is 1. The summed E-state index contributed by atoms with van der Waals surface area (Å²) in [5.41, 5.74) is 3.80. The summed E-state index contributed by atoms with van der Waals surface area (Å²) in [7, 11) is 0. The van der Waals surface area contributed by atoms with Crippen molar-refractivity contribution in [3.63, 3.8) is 0 Å². The van der Waals surface area contributed by atoms with Crippen molar-refractivity contribution in [2.45, 2.75) is 46.0 Å². The van der Waals surface area contributed by atoms with Crippen molar-refractivity contribution in [3.8, 4) is 0 Å². The van der Waals surface area contributed by atoms with Gasteiger partial charge in [-0.2, -0.15) is 5.10 Å². The number of hydrogen-bond acceptors (Lipinski definition) is 4. The fourth-order valence-electron chi connectivity index (χ4n) is 3.27. The number of benzene rings is 1. The molecule has 1 aliphatic rings. The molecule has 7 nitrogen and oxygen atoms in total. The van der Waals surface area contributed by atoms with Gasteiger partial charge in [0.15, 0.2) is 6.10 Å². The SMILES string of the molecule is CCn1nc(C)c(CNC(=O)C2OCC(=O)NC2c2ccccc2)c1C. The molecular formula is C19H24N4O3. The van der Waals surface area contributed by atoms with Crippen molar-refractivity contribution >= 4 is 11.8 Å². The molecule has 1 aromatic carbocycles. The molecule has 1 aromatic heterocycles. The normalized spacial score (nSPS) is 19.9. The fraction of sp³-hybridized carbons (Fsp3) is 0.421. The Balaban J connectivity index is 1.73. The van der Waals surface area contributed by atoms with E-state index < -0.39 is 12.1 Å². The van der Waals surface area contributed by atoms with Gasteiger partial charge in [-0.3, -0.25) is 14.3 Å². The molecule has 0 aliphatic carbocycles. The second-order valence-corrected chi connectivity index (χ2v) is 6.37. The molecule has 1 fully saturated rings. The Bertz CT molecular complexity index is 801. The zero-order chi connectivity index (χ0) is 18.7. The standard InChI is InChI=1S/C19H24N4O3/c1-4-23-13(3)15(12(2)22-23)10-20-19(25)18-17(21-16(24)11-26-18)14-8-6-5-7-9-14/h5-9,17-18H,4,10-11H2,1-3H3,(H,20,25)(H,21,24). The summed E-state index contributed by atoms with van der Waals surface area (Å²) in [6.45, 7) is 7.01. The largest absolute Gasteiger partial charge is 0.356 e. The van der Waals surface area contributed by atoms with E-state index in [2.05, 4.69) is 15.7 Å². The van der Waals surface area contributed by atoms with Crippen LogP contribution in [-0.2, 0) is 27.4 Å². The third-order valence-electron chi connectivity index (χ3n) is 4.70. The summed E-state index contributed by atoms with van der Waals surface area (Å²) in [6, 6.07) is 8.88. The van der Waals surface area contributed by atoms with Crippen LogP contribution in [0.25, 0.3) is 0 Å². The predicted molar refractivity (Wildman–Crippen MR) is 96.3 cm³/mol. The second-order valence-electron chi connectivity index (χ2n) is 6.37. The van der Waals surface area contributed by atoms with E-state index in [0.29, 0.717) is 6.54 Å². The molecule has 0 saturated carbocycles. The summed E-state index contributed by atoms with van der Waals surface area (Å²) in [5, 5.41) is 10.3. The molecule has 26 heavy (non-hydrogen) atoms. The number of nitrogens with zero attached hydrogens (tertiary/aromatic N) is 2. The van der Waals surface area contributed by atoms with E-state index in [1.807, 2.05) is 55.8 Å². The maximum absolute atomic E-state index is 12.7. The molecule has 2 N–H and O–H groups in total. The minimum atomic E-state index is -0.767.